The van der Waals surface area contributed by atoms with Gasteiger partial charge in [0.05, 0.1) is 0 Å². The highest BCUT2D eigenvalue weighted by Gasteiger charge is 2.26. The molecule has 1 heterocycles. The second kappa shape index (κ2) is 6.62. The molecule has 21 heavy (non-hydrogen) atoms. The molecule has 1 N–H and O–H groups in total. The van der Waals surface area contributed by atoms with Gasteiger partial charge in [-0.15, -0.1) is 0 Å². The Labute approximate surface area is 126 Å². The number of carboxylic acids is 1. The number of sulfonamides is 1. The molecule has 0 aliphatic rings. The summed E-state index contributed by atoms with van der Waals surface area (Å²) in [6, 6.07) is 1.10. The lowest BCUT2D eigenvalue weighted by Gasteiger charge is -2.17. The lowest BCUT2D eigenvalue weighted by Crippen LogP contribution is -2.28. The van der Waals surface area contributed by atoms with E-state index in [-0.39, 0.29) is 16.6 Å². The molecule has 0 aromatic carbocycles. The van der Waals surface area contributed by atoms with Gasteiger partial charge in [0.25, 0.3) is 0 Å². The van der Waals surface area contributed by atoms with Crippen molar-refractivity contribution < 1.29 is 18.3 Å². The first-order chi connectivity index (χ1) is 9.57. The lowest BCUT2D eigenvalue weighted by molar-refractivity contribution is 0.0683. The van der Waals surface area contributed by atoms with Gasteiger partial charge in [0.1, 0.15) is 10.6 Å². The summed E-state index contributed by atoms with van der Waals surface area (Å²) in [5.41, 5.74) is -0.0131. The minimum Gasteiger partial charge on any atom is -0.477 e. The second-order valence-electron chi connectivity index (χ2n) is 5.88. The summed E-state index contributed by atoms with van der Waals surface area (Å²) in [6.45, 7) is 8.09. The van der Waals surface area contributed by atoms with Crippen LogP contribution in [0, 0.1) is 5.92 Å². The van der Waals surface area contributed by atoms with Crippen molar-refractivity contribution in [3.8, 4) is 0 Å². The molecule has 0 saturated carbocycles. The summed E-state index contributed by atoms with van der Waals surface area (Å²) in [6.07, 6.45) is 2.15. The number of hydrogen-bond acceptors (Lipinski definition) is 3. The van der Waals surface area contributed by atoms with Gasteiger partial charge in [-0.2, -0.15) is 0 Å². The Hall–Kier alpha value is -1.34. The second-order valence-corrected chi connectivity index (χ2v) is 7.92. The van der Waals surface area contributed by atoms with Gasteiger partial charge in [-0.3, -0.25) is 0 Å². The van der Waals surface area contributed by atoms with E-state index in [4.69, 9.17) is 0 Å². The zero-order valence-electron chi connectivity index (χ0n) is 13.2. The van der Waals surface area contributed by atoms with E-state index >= 15 is 0 Å². The van der Waals surface area contributed by atoms with Crippen molar-refractivity contribution in [3.63, 3.8) is 0 Å². The van der Waals surface area contributed by atoms with E-state index in [1.807, 2.05) is 27.7 Å². The van der Waals surface area contributed by atoms with Gasteiger partial charge in [0, 0.05) is 25.8 Å². The maximum atomic E-state index is 12.5. The molecule has 0 aliphatic heterocycles. The molecule has 7 heteroatoms. The fourth-order valence-corrected chi connectivity index (χ4v) is 3.15. The van der Waals surface area contributed by atoms with E-state index in [0.717, 1.165) is 6.42 Å². The number of nitrogens with zero attached hydrogens (tertiary/aromatic N) is 2. The highest BCUT2D eigenvalue weighted by Crippen LogP contribution is 2.22. The van der Waals surface area contributed by atoms with E-state index in [9.17, 15) is 18.3 Å². The average molecular weight is 316 g/mol. The molecule has 0 amide bonds. The largest absolute Gasteiger partial charge is 0.477 e. The third-order valence-corrected chi connectivity index (χ3v) is 5.15. The molecule has 120 valence electrons. The Bertz CT molecular complexity index is 602. The summed E-state index contributed by atoms with van der Waals surface area (Å²) >= 11 is 0. The minimum absolute atomic E-state index is 0.0131. The van der Waals surface area contributed by atoms with Crippen molar-refractivity contribution in [2.75, 3.05) is 13.6 Å². The van der Waals surface area contributed by atoms with Crippen LogP contribution in [0.15, 0.2) is 17.2 Å². The topological polar surface area (TPSA) is 79.6 Å². The van der Waals surface area contributed by atoms with Crippen LogP contribution in [0.2, 0.25) is 0 Å². The quantitative estimate of drug-likeness (QED) is 0.838. The standard InChI is InChI=1S/C14H24N2O4S/c1-10(2)6-7-15(5)21(19,20)12-8-13(14(17)18)16(9-12)11(3)4/h8-11H,6-7H2,1-5H3,(H,17,18). The molecular weight excluding hydrogens is 292 g/mol. The SMILES string of the molecule is CC(C)CCN(C)S(=O)(=O)c1cc(C(=O)O)n(C(C)C)c1. The third-order valence-electron chi connectivity index (χ3n) is 3.33. The molecule has 0 unspecified atom stereocenters. The maximum Gasteiger partial charge on any atom is 0.352 e. The molecule has 0 saturated heterocycles. The number of aromatic carboxylic acids is 1. The van der Waals surface area contributed by atoms with E-state index in [1.54, 1.807) is 0 Å². The summed E-state index contributed by atoms with van der Waals surface area (Å²) in [5, 5.41) is 9.18. The zero-order valence-corrected chi connectivity index (χ0v) is 14.0. The Morgan fingerprint density at radius 1 is 1.33 bits per heavy atom. The van der Waals surface area contributed by atoms with E-state index in [1.165, 1.54) is 28.2 Å². The molecule has 1 aromatic heterocycles. The first-order valence-electron chi connectivity index (χ1n) is 6.98. The van der Waals surface area contributed by atoms with Crippen LogP contribution in [0.4, 0.5) is 0 Å². The van der Waals surface area contributed by atoms with E-state index < -0.39 is 16.0 Å². The zero-order chi connectivity index (χ0) is 16.4. The van der Waals surface area contributed by atoms with E-state index in [2.05, 4.69) is 0 Å². The van der Waals surface area contributed by atoms with Gasteiger partial charge in [0.15, 0.2) is 0 Å². The predicted molar refractivity (Wildman–Crippen MR) is 81.0 cm³/mol. The highest BCUT2D eigenvalue weighted by molar-refractivity contribution is 7.89. The van der Waals surface area contributed by atoms with Crippen LogP contribution in [0.3, 0.4) is 0 Å². The molecule has 0 atom stereocenters. The van der Waals surface area contributed by atoms with Crippen molar-refractivity contribution in [3.05, 3.63) is 18.0 Å². The van der Waals surface area contributed by atoms with Gasteiger partial charge < -0.3 is 9.67 Å². The monoisotopic (exact) mass is 316 g/mol. The van der Waals surface area contributed by atoms with Crippen LogP contribution in [0.5, 0.6) is 0 Å². The van der Waals surface area contributed by atoms with Crippen LogP contribution in [-0.2, 0) is 10.0 Å². The Balaban J connectivity index is 3.14. The van der Waals surface area contributed by atoms with Crippen LogP contribution in [0.1, 0.15) is 50.6 Å². The smallest absolute Gasteiger partial charge is 0.352 e. The lowest BCUT2D eigenvalue weighted by atomic mass is 10.1. The molecule has 6 nitrogen and oxygen atoms in total. The maximum absolute atomic E-state index is 12.5. The van der Waals surface area contributed by atoms with Gasteiger partial charge >= 0.3 is 5.97 Å². The summed E-state index contributed by atoms with van der Waals surface area (Å²) in [4.78, 5) is 11.2. The van der Waals surface area contributed by atoms with Gasteiger partial charge in [-0.1, -0.05) is 13.8 Å². The molecular formula is C14H24N2O4S. The van der Waals surface area contributed by atoms with E-state index in [0.29, 0.717) is 12.5 Å². The summed E-state index contributed by atoms with van der Waals surface area (Å²) in [5.74, 6) is -0.729. The van der Waals surface area contributed by atoms with Gasteiger partial charge in [0.2, 0.25) is 10.0 Å². The Morgan fingerprint density at radius 3 is 2.29 bits per heavy atom. The Morgan fingerprint density at radius 2 is 1.90 bits per heavy atom. The van der Waals surface area contributed by atoms with Crippen LogP contribution < -0.4 is 0 Å². The van der Waals surface area contributed by atoms with Gasteiger partial charge in [-0.05, 0) is 32.3 Å². The minimum atomic E-state index is -3.65. The molecule has 0 spiro atoms. The first-order valence-corrected chi connectivity index (χ1v) is 8.42. The predicted octanol–water partition coefficient (Wildman–Crippen LogP) is 2.43. The number of carboxylic acid groups (broad SMARTS) is 1. The fourth-order valence-electron chi connectivity index (χ4n) is 1.93. The van der Waals surface area contributed by atoms with Crippen molar-refractivity contribution in [2.45, 2.75) is 45.1 Å². The average Bonchev–Trinajstić information content (AvgIpc) is 2.81. The Kier molecular flexibility index (Phi) is 5.58. The number of aromatic nitrogens is 1. The number of rotatable bonds is 7. The highest BCUT2D eigenvalue weighted by atomic mass is 32.2. The molecule has 0 aliphatic carbocycles. The van der Waals surface area contributed by atoms with Crippen LogP contribution in [0.25, 0.3) is 0 Å². The third kappa shape index (κ3) is 4.07. The summed E-state index contributed by atoms with van der Waals surface area (Å²) in [7, 11) is -2.14. The summed E-state index contributed by atoms with van der Waals surface area (Å²) < 4.78 is 27.7. The first kappa shape index (κ1) is 17.7. The van der Waals surface area contributed by atoms with Crippen molar-refractivity contribution in [1.29, 1.82) is 0 Å². The molecule has 1 rings (SSSR count). The number of hydrogen-bond donors (Lipinski definition) is 1. The molecule has 1 aromatic rings. The van der Waals surface area contributed by atoms with Crippen molar-refractivity contribution in [1.82, 2.24) is 8.87 Å². The molecule has 0 fully saturated rings. The molecule has 0 bridgehead atoms. The van der Waals surface area contributed by atoms with Crippen molar-refractivity contribution in [2.24, 2.45) is 5.92 Å². The van der Waals surface area contributed by atoms with Crippen molar-refractivity contribution >= 4 is 16.0 Å². The molecule has 0 radical (unpaired) electrons. The van der Waals surface area contributed by atoms with Crippen LogP contribution >= 0.6 is 0 Å². The van der Waals surface area contributed by atoms with Crippen LogP contribution in [-0.4, -0.2) is 42.0 Å². The van der Waals surface area contributed by atoms with Gasteiger partial charge in [-0.25, -0.2) is 17.5 Å². The number of carbonyl (C=O) groups is 1. The normalized spacial score (nSPS) is 12.6. The fraction of sp³-hybridized carbons (Fsp3) is 0.643.